The van der Waals surface area contributed by atoms with Crippen molar-refractivity contribution in [2.45, 2.75) is 50.5 Å². The van der Waals surface area contributed by atoms with E-state index < -0.39 is 24.3 Å². The van der Waals surface area contributed by atoms with Gasteiger partial charge < -0.3 is 20.1 Å². The van der Waals surface area contributed by atoms with Crippen LogP contribution in [0.1, 0.15) is 32.1 Å². The van der Waals surface area contributed by atoms with Crippen molar-refractivity contribution in [1.29, 1.82) is 0 Å². The van der Waals surface area contributed by atoms with Gasteiger partial charge in [-0.05, 0) is 37.3 Å². The summed E-state index contributed by atoms with van der Waals surface area (Å²) >= 11 is 0. The minimum atomic E-state index is -1.31. The van der Waals surface area contributed by atoms with E-state index in [1.54, 1.807) is 18.2 Å². The molecule has 0 aliphatic heterocycles. The number of hydrogen-bond acceptors (Lipinski definition) is 4. The molecule has 6 heteroatoms. The number of unbranched alkanes of at least 4 members (excludes halogenated alkanes) is 1. The zero-order valence-corrected chi connectivity index (χ0v) is 15.9. The molecule has 0 saturated heterocycles. The van der Waals surface area contributed by atoms with E-state index in [1.165, 1.54) is 6.08 Å². The number of halogens is 1. The minimum Gasteiger partial charge on any atom is -0.490 e. The van der Waals surface area contributed by atoms with Gasteiger partial charge >= 0.3 is 5.97 Å². The van der Waals surface area contributed by atoms with Gasteiger partial charge in [0.1, 0.15) is 12.4 Å². The van der Waals surface area contributed by atoms with Gasteiger partial charge in [0.25, 0.3) is 0 Å². The number of para-hydroxylation sites is 1. The standard InChI is InChI=1S/C22H29FO5/c23-16(15-28-17-8-4-3-5-9-17)12-13-19-18(20(24)14-21(19)25)10-6-1-2-7-11-22(26)27/h1,3-6,8-9,12-13,16,18-21,24-25H,2,7,10-11,14-15H2,(H,26,27)/t16-,18+,19+,20-,21+/m0/s1. The molecule has 1 fully saturated rings. The second kappa shape index (κ2) is 11.6. The van der Waals surface area contributed by atoms with Gasteiger partial charge in [0, 0.05) is 18.8 Å². The van der Waals surface area contributed by atoms with E-state index in [9.17, 15) is 19.4 Å². The van der Waals surface area contributed by atoms with E-state index in [2.05, 4.69) is 0 Å². The summed E-state index contributed by atoms with van der Waals surface area (Å²) in [6, 6.07) is 8.99. The Bertz CT molecular complexity index is 646. The Balaban J connectivity index is 1.82. The zero-order valence-electron chi connectivity index (χ0n) is 15.9. The Morgan fingerprint density at radius 2 is 1.96 bits per heavy atom. The van der Waals surface area contributed by atoms with E-state index >= 15 is 0 Å². The first-order valence-corrected chi connectivity index (χ1v) is 9.70. The van der Waals surface area contributed by atoms with Gasteiger partial charge in [-0.1, -0.05) is 42.5 Å². The van der Waals surface area contributed by atoms with Crippen LogP contribution in [0, 0.1) is 11.8 Å². The van der Waals surface area contributed by atoms with Gasteiger partial charge in [-0.3, -0.25) is 4.79 Å². The number of ether oxygens (including phenoxy) is 1. The number of carbonyl (C=O) groups is 1. The first-order chi connectivity index (χ1) is 13.5. The van der Waals surface area contributed by atoms with Crippen LogP contribution in [0.3, 0.4) is 0 Å². The molecule has 1 aromatic carbocycles. The van der Waals surface area contributed by atoms with Gasteiger partial charge in [0.15, 0.2) is 6.17 Å². The molecule has 0 heterocycles. The lowest BCUT2D eigenvalue weighted by Gasteiger charge is -2.19. The summed E-state index contributed by atoms with van der Waals surface area (Å²) in [6.45, 7) is -0.111. The number of aliphatic carboxylic acids is 1. The quantitative estimate of drug-likeness (QED) is 0.396. The SMILES string of the molecule is O=C(O)CCCC=CC[C@@H]1[C@@H](C=C[C@H](F)COc2ccccc2)[C@H](O)C[C@@H]1O. The monoisotopic (exact) mass is 392 g/mol. The van der Waals surface area contributed by atoms with Gasteiger partial charge in [-0.25, -0.2) is 4.39 Å². The topological polar surface area (TPSA) is 87.0 Å². The Hall–Kier alpha value is -2.18. The van der Waals surface area contributed by atoms with Crippen LogP contribution in [0.15, 0.2) is 54.6 Å². The summed E-state index contributed by atoms with van der Waals surface area (Å²) in [5.41, 5.74) is 0. The summed E-state index contributed by atoms with van der Waals surface area (Å²) in [4.78, 5) is 10.5. The molecule has 0 aromatic heterocycles. The van der Waals surface area contributed by atoms with Crippen LogP contribution in [0.5, 0.6) is 5.75 Å². The van der Waals surface area contributed by atoms with Crippen molar-refractivity contribution < 1.29 is 29.2 Å². The third-order valence-electron chi connectivity index (χ3n) is 4.95. The lowest BCUT2D eigenvalue weighted by molar-refractivity contribution is -0.137. The molecule has 154 valence electrons. The largest absolute Gasteiger partial charge is 0.490 e. The second-order valence-electron chi connectivity index (χ2n) is 7.13. The summed E-state index contributed by atoms with van der Waals surface area (Å²) in [7, 11) is 0. The first-order valence-electron chi connectivity index (χ1n) is 9.70. The number of allylic oxidation sites excluding steroid dienone is 2. The highest BCUT2D eigenvalue weighted by atomic mass is 19.1. The molecule has 1 aromatic rings. The van der Waals surface area contributed by atoms with Gasteiger partial charge in [-0.2, -0.15) is 0 Å². The number of rotatable bonds is 11. The van der Waals surface area contributed by atoms with E-state index in [-0.39, 0.29) is 31.3 Å². The van der Waals surface area contributed by atoms with Crippen molar-refractivity contribution in [2.75, 3.05) is 6.61 Å². The zero-order chi connectivity index (χ0) is 20.4. The molecular weight excluding hydrogens is 363 g/mol. The second-order valence-corrected chi connectivity index (χ2v) is 7.13. The molecule has 2 rings (SSSR count). The van der Waals surface area contributed by atoms with Crippen LogP contribution in [0.2, 0.25) is 0 Å². The fraction of sp³-hybridized carbons (Fsp3) is 0.500. The summed E-state index contributed by atoms with van der Waals surface area (Å²) < 4.78 is 19.5. The number of alkyl halides is 1. The van der Waals surface area contributed by atoms with Crippen LogP contribution in [0.25, 0.3) is 0 Å². The Morgan fingerprint density at radius 3 is 2.68 bits per heavy atom. The van der Waals surface area contributed by atoms with Crippen LogP contribution in [-0.4, -0.2) is 46.3 Å². The number of hydrogen-bond donors (Lipinski definition) is 3. The molecule has 0 bridgehead atoms. The van der Waals surface area contributed by atoms with Crippen LogP contribution >= 0.6 is 0 Å². The van der Waals surface area contributed by atoms with Crippen LogP contribution in [-0.2, 0) is 4.79 Å². The maximum atomic E-state index is 14.1. The first kappa shape index (κ1) is 22.1. The molecule has 3 N–H and O–H groups in total. The third kappa shape index (κ3) is 7.44. The molecular formula is C22H29FO5. The highest BCUT2D eigenvalue weighted by molar-refractivity contribution is 5.66. The fourth-order valence-corrected chi connectivity index (χ4v) is 3.45. The molecule has 1 saturated carbocycles. The molecule has 5 nitrogen and oxygen atoms in total. The van der Waals surface area contributed by atoms with Crippen LogP contribution < -0.4 is 4.74 Å². The normalized spacial score (nSPS) is 26.1. The lowest BCUT2D eigenvalue weighted by Crippen LogP contribution is -2.20. The highest BCUT2D eigenvalue weighted by Crippen LogP contribution is 2.36. The van der Waals surface area contributed by atoms with Crippen molar-refractivity contribution in [3.05, 3.63) is 54.6 Å². The van der Waals surface area contributed by atoms with Gasteiger partial charge in [0.05, 0.1) is 12.2 Å². The van der Waals surface area contributed by atoms with E-state index in [4.69, 9.17) is 9.84 Å². The Labute approximate surface area is 165 Å². The number of carboxylic acid groups (broad SMARTS) is 1. The predicted molar refractivity (Wildman–Crippen MR) is 105 cm³/mol. The van der Waals surface area contributed by atoms with E-state index in [0.29, 0.717) is 25.0 Å². The fourth-order valence-electron chi connectivity index (χ4n) is 3.45. The van der Waals surface area contributed by atoms with Crippen molar-refractivity contribution >= 4 is 5.97 Å². The lowest BCUT2D eigenvalue weighted by atomic mass is 9.89. The molecule has 1 aliphatic rings. The third-order valence-corrected chi connectivity index (χ3v) is 4.95. The number of carboxylic acids is 1. The Kier molecular flexibility index (Phi) is 9.17. The molecule has 1 aliphatic carbocycles. The Morgan fingerprint density at radius 1 is 1.21 bits per heavy atom. The minimum absolute atomic E-state index is 0.111. The van der Waals surface area contributed by atoms with Crippen LogP contribution in [0.4, 0.5) is 4.39 Å². The van der Waals surface area contributed by atoms with Crippen molar-refractivity contribution in [1.82, 2.24) is 0 Å². The molecule has 0 unspecified atom stereocenters. The van der Waals surface area contributed by atoms with Crippen molar-refractivity contribution in [3.63, 3.8) is 0 Å². The highest BCUT2D eigenvalue weighted by Gasteiger charge is 2.39. The number of benzene rings is 1. The number of aliphatic hydroxyl groups is 2. The maximum Gasteiger partial charge on any atom is 0.303 e. The van der Waals surface area contributed by atoms with Crippen molar-refractivity contribution in [2.24, 2.45) is 11.8 Å². The van der Waals surface area contributed by atoms with Crippen molar-refractivity contribution in [3.8, 4) is 5.75 Å². The molecule has 0 amide bonds. The van der Waals surface area contributed by atoms with Gasteiger partial charge in [0.2, 0.25) is 0 Å². The maximum absolute atomic E-state index is 14.1. The summed E-state index contributed by atoms with van der Waals surface area (Å²) in [5.74, 6) is -0.733. The summed E-state index contributed by atoms with van der Waals surface area (Å²) in [5, 5.41) is 29.0. The van der Waals surface area contributed by atoms with Gasteiger partial charge in [-0.15, -0.1) is 0 Å². The predicted octanol–water partition coefficient (Wildman–Crippen LogP) is 3.52. The molecule has 5 atom stereocenters. The average Bonchev–Trinajstić information content (AvgIpc) is 2.94. The van der Waals surface area contributed by atoms with E-state index in [0.717, 1.165) is 0 Å². The average molecular weight is 392 g/mol. The summed E-state index contributed by atoms with van der Waals surface area (Å²) in [6.07, 6.45) is 6.33. The molecule has 0 radical (unpaired) electrons. The molecule has 28 heavy (non-hydrogen) atoms. The number of aliphatic hydroxyl groups excluding tert-OH is 2. The molecule has 0 spiro atoms. The van der Waals surface area contributed by atoms with E-state index in [1.807, 2.05) is 30.4 Å². The smallest absolute Gasteiger partial charge is 0.303 e.